The fraction of sp³-hybridized carbons (Fsp3) is 0.316. The van der Waals surface area contributed by atoms with E-state index in [-0.39, 0.29) is 29.7 Å². The van der Waals surface area contributed by atoms with E-state index in [2.05, 4.69) is 10.3 Å². The lowest BCUT2D eigenvalue weighted by Gasteiger charge is -2.23. The molecule has 0 aromatic heterocycles. The van der Waals surface area contributed by atoms with E-state index < -0.39 is 4.92 Å². The number of hydrogen-bond donors (Lipinski definition) is 1. The van der Waals surface area contributed by atoms with Crippen LogP contribution in [0, 0.1) is 10.1 Å². The van der Waals surface area contributed by atoms with Crippen LogP contribution in [0.2, 0.25) is 0 Å². The van der Waals surface area contributed by atoms with Crippen molar-refractivity contribution < 1.29 is 14.4 Å². The summed E-state index contributed by atoms with van der Waals surface area (Å²) in [5.74, 6) is 2.18. The highest BCUT2D eigenvalue weighted by Gasteiger charge is 2.12. The molecule has 0 heterocycles. The summed E-state index contributed by atoms with van der Waals surface area (Å²) >= 11 is 0. The summed E-state index contributed by atoms with van der Waals surface area (Å²) in [5, 5.41) is 14.0. The molecule has 0 radical (unpaired) electrons. The van der Waals surface area contributed by atoms with Gasteiger partial charge in [0.1, 0.15) is 11.5 Å². The standard InChI is InChI=1S/C19H24N4O4.HI/c1-20-19(21-12-14-5-8-16(9-6-14)23(24)25)22(2)13-15-7-10-17(26-3)11-18(15)27-4;/h5-11H,12-13H2,1-4H3,(H,20,21);1H. The molecule has 0 amide bonds. The molecular weight excluding hydrogens is 475 g/mol. The number of halogens is 1. The number of nitrogens with zero attached hydrogens (tertiary/aromatic N) is 3. The number of nitrogens with one attached hydrogen (secondary N) is 1. The van der Waals surface area contributed by atoms with Gasteiger partial charge in [-0.05, 0) is 17.7 Å². The van der Waals surface area contributed by atoms with Gasteiger partial charge in [-0.1, -0.05) is 12.1 Å². The van der Waals surface area contributed by atoms with E-state index in [1.54, 1.807) is 33.4 Å². The Balaban J connectivity index is 0.00000392. The molecule has 0 atom stereocenters. The van der Waals surface area contributed by atoms with Gasteiger partial charge in [-0.3, -0.25) is 15.1 Å². The summed E-state index contributed by atoms with van der Waals surface area (Å²) in [6.07, 6.45) is 0. The van der Waals surface area contributed by atoms with Gasteiger partial charge in [0, 0.05) is 50.9 Å². The van der Waals surface area contributed by atoms with Crippen molar-refractivity contribution in [1.82, 2.24) is 10.2 Å². The molecule has 1 N–H and O–H groups in total. The zero-order valence-corrected chi connectivity index (χ0v) is 18.7. The molecule has 0 aliphatic heterocycles. The highest BCUT2D eigenvalue weighted by atomic mass is 127. The molecule has 152 valence electrons. The number of rotatable bonds is 7. The summed E-state index contributed by atoms with van der Waals surface area (Å²) in [6.45, 7) is 1.10. The Hall–Kier alpha value is -2.56. The second-order valence-electron chi connectivity index (χ2n) is 5.86. The van der Waals surface area contributed by atoms with E-state index in [9.17, 15) is 10.1 Å². The van der Waals surface area contributed by atoms with Gasteiger partial charge in [-0.25, -0.2) is 0 Å². The largest absolute Gasteiger partial charge is 0.497 e. The molecule has 8 nitrogen and oxygen atoms in total. The lowest BCUT2D eigenvalue weighted by atomic mass is 10.2. The van der Waals surface area contributed by atoms with E-state index in [1.807, 2.05) is 30.1 Å². The number of aliphatic imine (C=N–C) groups is 1. The van der Waals surface area contributed by atoms with Crippen molar-refractivity contribution in [3.8, 4) is 11.5 Å². The van der Waals surface area contributed by atoms with Crippen molar-refractivity contribution in [2.24, 2.45) is 4.99 Å². The van der Waals surface area contributed by atoms with Gasteiger partial charge in [0.15, 0.2) is 5.96 Å². The second kappa shape index (κ2) is 11.3. The van der Waals surface area contributed by atoms with E-state index in [1.165, 1.54) is 12.1 Å². The van der Waals surface area contributed by atoms with Gasteiger partial charge in [-0.15, -0.1) is 24.0 Å². The fourth-order valence-corrected chi connectivity index (χ4v) is 2.61. The predicted octanol–water partition coefficient (Wildman–Crippen LogP) is 3.44. The average Bonchev–Trinajstić information content (AvgIpc) is 2.69. The Kier molecular flexibility index (Phi) is 9.49. The summed E-state index contributed by atoms with van der Waals surface area (Å²) in [5.41, 5.74) is 2.00. The highest BCUT2D eigenvalue weighted by Crippen LogP contribution is 2.25. The Labute approximate surface area is 181 Å². The van der Waals surface area contributed by atoms with Gasteiger partial charge < -0.3 is 19.7 Å². The van der Waals surface area contributed by atoms with E-state index >= 15 is 0 Å². The molecular formula is C19H25IN4O4. The van der Waals surface area contributed by atoms with Crippen LogP contribution >= 0.6 is 24.0 Å². The van der Waals surface area contributed by atoms with Crippen LogP contribution in [0.3, 0.4) is 0 Å². The van der Waals surface area contributed by atoms with Crippen molar-refractivity contribution in [2.75, 3.05) is 28.3 Å². The van der Waals surface area contributed by atoms with E-state index in [4.69, 9.17) is 9.47 Å². The molecule has 2 aromatic rings. The van der Waals surface area contributed by atoms with Crippen molar-refractivity contribution in [3.63, 3.8) is 0 Å². The predicted molar refractivity (Wildman–Crippen MR) is 120 cm³/mol. The van der Waals surface area contributed by atoms with Crippen molar-refractivity contribution in [1.29, 1.82) is 0 Å². The van der Waals surface area contributed by atoms with Crippen molar-refractivity contribution >= 4 is 35.6 Å². The molecule has 0 saturated carbocycles. The van der Waals surface area contributed by atoms with Gasteiger partial charge in [0.2, 0.25) is 0 Å². The Morgan fingerprint density at radius 1 is 1.18 bits per heavy atom. The number of guanidine groups is 1. The molecule has 0 unspecified atom stereocenters. The van der Waals surface area contributed by atoms with Crippen LogP contribution in [0.4, 0.5) is 5.69 Å². The first-order valence-electron chi connectivity index (χ1n) is 8.34. The number of nitro groups is 1. The molecule has 0 saturated heterocycles. The third-order valence-corrected chi connectivity index (χ3v) is 4.07. The SMILES string of the molecule is CN=C(NCc1ccc([N+](=O)[O-])cc1)N(C)Cc1ccc(OC)cc1OC.I. The first-order chi connectivity index (χ1) is 13.0. The number of hydrogen-bond acceptors (Lipinski definition) is 5. The number of benzene rings is 2. The maximum absolute atomic E-state index is 10.7. The maximum atomic E-state index is 10.7. The summed E-state index contributed by atoms with van der Waals surface area (Å²) in [6, 6.07) is 12.1. The maximum Gasteiger partial charge on any atom is 0.269 e. The van der Waals surface area contributed by atoms with Crippen molar-refractivity contribution in [2.45, 2.75) is 13.1 Å². The fourth-order valence-electron chi connectivity index (χ4n) is 2.61. The zero-order valence-electron chi connectivity index (χ0n) is 16.3. The van der Waals surface area contributed by atoms with E-state index in [0.717, 1.165) is 22.6 Å². The van der Waals surface area contributed by atoms with Crippen LogP contribution in [-0.4, -0.2) is 44.1 Å². The molecule has 0 aliphatic carbocycles. The number of ether oxygens (including phenoxy) is 2. The summed E-state index contributed by atoms with van der Waals surface area (Å²) in [4.78, 5) is 16.6. The highest BCUT2D eigenvalue weighted by molar-refractivity contribution is 14.0. The minimum atomic E-state index is -0.411. The van der Waals surface area contributed by atoms with Crippen molar-refractivity contribution in [3.05, 3.63) is 63.7 Å². The number of methoxy groups -OCH3 is 2. The molecule has 28 heavy (non-hydrogen) atoms. The van der Waals surface area contributed by atoms with Gasteiger partial charge in [-0.2, -0.15) is 0 Å². The number of nitro benzene ring substituents is 1. The smallest absolute Gasteiger partial charge is 0.269 e. The molecule has 0 fully saturated rings. The molecule has 0 bridgehead atoms. The topological polar surface area (TPSA) is 89.2 Å². The quantitative estimate of drug-likeness (QED) is 0.206. The molecule has 0 aliphatic rings. The molecule has 2 aromatic carbocycles. The van der Waals surface area contributed by atoms with Crippen LogP contribution in [0.25, 0.3) is 0 Å². The molecule has 2 rings (SSSR count). The van der Waals surface area contributed by atoms with Crippen LogP contribution in [0.5, 0.6) is 11.5 Å². The van der Waals surface area contributed by atoms with Crippen LogP contribution in [0.15, 0.2) is 47.5 Å². The van der Waals surface area contributed by atoms with Gasteiger partial charge in [0.05, 0.1) is 19.1 Å². The Morgan fingerprint density at radius 2 is 1.86 bits per heavy atom. The molecule has 9 heteroatoms. The normalized spacial score (nSPS) is 10.6. The van der Waals surface area contributed by atoms with Crippen LogP contribution in [0.1, 0.15) is 11.1 Å². The van der Waals surface area contributed by atoms with Gasteiger partial charge in [0.25, 0.3) is 5.69 Å². The number of non-ortho nitro benzene ring substituents is 1. The minimum absolute atomic E-state index is 0. The third kappa shape index (κ3) is 6.25. The Bertz CT molecular complexity index is 812. The minimum Gasteiger partial charge on any atom is -0.497 e. The van der Waals surface area contributed by atoms with Gasteiger partial charge >= 0.3 is 0 Å². The third-order valence-electron chi connectivity index (χ3n) is 4.07. The zero-order chi connectivity index (χ0) is 19.8. The van der Waals surface area contributed by atoms with Crippen LogP contribution in [-0.2, 0) is 13.1 Å². The second-order valence-corrected chi connectivity index (χ2v) is 5.86. The molecule has 0 spiro atoms. The summed E-state index contributed by atoms with van der Waals surface area (Å²) < 4.78 is 10.7. The lowest BCUT2D eigenvalue weighted by molar-refractivity contribution is -0.384. The average molecular weight is 500 g/mol. The monoisotopic (exact) mass is 500 g/mol. The first kappa shape index (κ1) is 23.5. The Morgan fingerprint density at radius 3 is 2.39 bits per heavy atom. The summed E-state index contributed by atoms with van der Waals surface area (Å²) in [7, 11) is 6.87. The van der Waals surface area contributed by atoms with Crippen LogP contribution < -0.4 is 14.8 Å². The lowest BCUT2D eigenvalue weighted by Crippen LogP contribution is -2.38. The van der Waals surface area contributed by atoms with E-state index in [0.29, 0.717) is 19.0 Å². The first-order valence-corrected chi connectivity index (χ1v) is 8.34.